The van der Waals surface area contributed by atoms with Crippen LogP contribution in [0, 0.1) is 6.92 Å². The largest absolute Gasteiger partial charge is 0.340 e. The van der Waals surface area contributed by atoms with Crippen molar-refractivity contribution in [2.24, 2.45) is 0 Å². The fourth-order valence-electron chi connectivity index (χ4n) is 2.52. The molecule has 1 aliphatic heterocycles. The van der Waals surface area contributed by atoms with E-state index in [0.29, 0.717) is 23.8 Å². The number of aromatic nitrogens is 3. The van der Waals surface area contributed by atoms with Gasteiger partial charge in [0.05, 0.1) is 5.56 Å². The Morgan fingerprint density at radius 3 is 3.10 bits per heavy atom. The molecule has 6 nitrogen and oxygen atoms in total. The number of carbonyl (C=O) groups excluding carboxylic acids is 1. The third-order valence-corrected chi connectivity index (χ3v) is 3.53. The molecule has 1 fully saturated rings. The Bertz CT molecular complexity index is 596. The van der Waals surface area contributed by atoms with E-state index < -0.39 is 0 Å². The summed E-state index contributed by atoms with van der Waals surface area (Å²) in [7, 11) is 0. The first-order valence-electron chi connectivity index (χ1n) is 6.73. The molecule has 2 aromatic rings. The van der Waals surface area contributed by atoms with Gasteiger partial charge < -0.3 is 9.42 Å². The highest BCUT2D eigenvalue weighted by Gasteiger charge is 2.28. The molecule has 0 bridgehead atoms. The van der Waals surface area contributed by atoms with Gasteiger partial charge in [-0.05, 0) is 25.0 Å². The second kappa shape index (κ2) is 5.40. The summed E-state index contributed by atoms with van der Waals surface area (Å²) >= 11 is 0. The van der Waals surface area contributed by atoms with Gasteiger partial charge in [-0.15, -0.1) is 0 Å². The van der Waals surface area contributed by atoms with E-state index in [0.717, 1.165) is 19.4 Å². The third-order valence-electron chi connectivity index (χ3n) is 3.53. The second-order valence-electron chi connectivity index (χ2n) is 5.00. The van der Waals surface area contributed by atoms with Gasteiger partial charge in [0.25, 0.3) is 5.91 Å². The lowest BCUT2D eigenvalue weighted by Crippen LogP contribution is -2.39. The molecule has 0 radical (unpaired) electrons. The van der Waals surface area contributed by atoms with Crippen LogP contribution < -0.4 is 0 Å². The second-order valence-corrected chi connectivity index (χ2v) is 5.00. The van der Waals surface area contributed by atoms with Crippen molar-refractivity contribution < 1.29 is 9.32 Å². The molecule has 1 unspecified atom stereocenters. The highest BCUT2D eigenvalue weighted by Crippen LogP contribution is 2.25. The summed E-state index contributed by atoms with van der Waals surface area (Å²) < 4.78 is 5.02. The first-order chi connectivity index (χ1) is 9.74. The van der Waals surface area contributed by atoms with Crippen LogP contribution in [0.15, 0.2) is 29.0 Å². The predicted octanol–water partition coefficient (Wildman–Crippen LogP) is 1.79. The molecule has 0 aromatic carbocycles. The van der Waals surface area contributed by atoms with Crippen LogP contribution in [0.2, 0.25) is 0 Å². The van der Waals surface area contributed by atoms with E-state index in [1.165, 1.54) is 0 Å². The maximum Gasteiger partial charge on any atom is 0.255 e. The summed E-state index contributed by atoms with van der Waals surface area (Å²) in [5, 5.41) is 3.97. The first-order valence-corrected chi connectivity index (χ1v) is 6.73. The molecule has 20 heavy (non-hydrogen) atoms. The first kappa shape index (κ1) is 12.8. The molecular weight excluding hydrogens is 256 g/mol. The summed E-state index contributed by atoms with van der Waals surface area (Å²) in [4.78, 5) is 22.5. The van der Waals surface area contributed by atoms with E-state index >= 15 is 0 Å². The van der Waals surface area contributed by atoms with Gasteiger partial charge in [0, 0.05) is 38.3 Å². The lowest BCUT2D eigenvalue weighted by molar-refractivity contribution is 0.0703. The molecule has 1 amide bonds. The maximum atomic E-state index is 12.4. The molecule has 6 heteroatoms. The normalized spacial score (nSPS) is 19.1. The number of carbonyl (C=O) groups is 1. The minimum atomic E-state index is 0.0167. The molecule has 0 spiro atoms. The Morgan fingerprint density at radius 2 is 2.40 bits per heavy atom. The van der Waals surface area contributed by atoms with E-state index in [1.807, 2.05) is 4.90 Å². The van der Waals surface area contributed by atoms with Crippen LogP contribution in [-0.2, 0) is 0 Å². The van der Waals surface area contributed by atoms with E-state index in [9.17, 15) is 4.79 Å². The average molecular weight is 272 g/mol. The van der Waals surface area contributed by atoms with Gasteiger partial charge in [-0.3, -0.25) is 9.78 Å². The van der Waals surface area contributed by atoms with Crippen LogP contribution in [0.25, 0.3) is 0 Å². The molecule has 0 N–H and O–H groups in total. The number of amides is 1. The van der Waals surface area contributed by atoms with Crippen molar-refractivity contribution in [1.29, 1.82) is 0 Å². The average Bonchev–Trinajstić information content (AvgIpc) is 2.94. The zero-order valence-electron chi connectivity index (χ0n) is 11.3. The lowest BCUT2D eigenvalue weighted by Gasteiger charge is -2.31. The summed E-state index contributed by atoms with van der Waals surface area (Å²) in [6.45, 7) is 3.17. The SMILES string of the molecule is Cc1nc(C2CCCN(C(=O)c3cccnc3)C2)no1. The van der Waals surface area contributed by atoms with Crippen LogP contribution in [0.3, 0.4) is 0 Å². The fourth-order valence-corrected chi connectivity index (χ4v) is 2.52. The molecule has 0 aliphatic carbocycles. The van der Waals surface area contributed by atoms with Gasteiger partial charge in [0.2, 0.25) is 5.89 Å². The summed E-state index contributed by atoms with van der Waals surface area (Å²) in [6, 6.07) is 3.56. The molecule has 1 atom stereocenters. The molecule has 1 saturated heterocycles. The molecule has 1 aliphatic rings. The zero-order chi connectivity index (χ0) is 13.9. The Hall–Kier alpha value is -2.24. The van der Waals surface area contributed by atoms with E-state index in [-0.39, 0.29) is 11.8 Å². The van der Waals surface area contributed by atoms with Gasteiger partial charge in [0.1, 0.15) is 0 Å². The van der Waals surface area contributed by atoms with Crippen molar-refractivity contribution in [2.45, 2.75) is 25.7 Å². The predicted molar refractivity (Wildman–Crippen MR) is 71.2 cm³/mol. The number of hydrogen-bond acceptors (Lipinski definition) is 5. The van der Waals surface area contributed by atoms with Crippen LogP contribution in [0.5, 0.6) is 0 Å². The van der Waals surface area contributed by atoms with Crippen molar-refractivity contribution in [2.75, 3.05) is 13.1 Å². The van der Waals surface area contributed by atoms with E-state index in [1.54, 1.807) is 31.5 Å². The van der Waals surface area contributed by atoms with Crippen molar-refractivity contribution in [3.8, 4) is 0 Å². The summed E-state index contributed by atoms with van der Waals surface area (Å²) in [6.07, 6.45) is 5.20. The van der Waals surface area contributed by atoms with Crippen LogP contribution in [-0.4, -0.2) is 39.0 Å². The summed E-state index contributed by atoms with van der Waals surface area (Å²) in [5.41, 5.74) is 0.623. The maximum absolute atomic E-state index is 12.4. The third kappa shape index (κ3) is 2.54. The summed E-state index contributed by atoms with van der Waals surface area (Å²) in [5.74, 6) is 1.44. The molecule has 104 valence electrons. The number of rotatable bonds is 2. The van der Waals surface area contributed by atoms with E-state index in [4.69, 9.17) is 4.52 Å². The van der Waals surface area contributed by atoms with E-state index in [2.05, 4.69) is 15.1 Å². The highest BCUT2D eigenvalue weighted by atomic mass is 16.5. The Kier molecular flexibility index (Phi) is 3.45. The number of likely N-dealkylation sites (tertiary alicyclic amines) is 1. The monoisotopic (exact) mass is 272 g/mol. The smallest absolute Gasteiger partial charge is 0.255 e. The van der Waals surface area contributed by atoms with Gasteiger partial charge >= 0.3 is 0 Å². The van der Waals surface area contributed by atoms with Crippen molar-refractivity contribution >= 4 is 5.91 Å². The van der Waals surface area contributed by atoms with Crippen LogP contribution >= 0.6 is 0 Å². The van der Waals surface area contributed by atoms with Crippen LogP contribution in [0.4, 0.5) is 0 Å². The van der Waals surface area contributed by atoms with Gasteiger partial charge in [-0.2, -0.15) is 4.98 Å². The van der Waals surface area contributed by atoms with Crippen molar-refractivity contribution in [3.05, 3.63) is 41.8 Å². The Labute approximate surface area is 116 Å². The zero-order valence-corrected chi connectivity index (χ0v) is 11.3. The Morgan fingerprint density at radius 1 is 1.50 bits per heavy atom. The molecule has 0 saturated carbocycles. The number of pyridine rings is 1. The number of nitrogens with zero attached hydrogens (tertiary/aromatic N) is 4. The molecular formula is C14H16N4O2. The highest BCUT2D eigenvalue weighted by molar-refractivity contribution is 5.93. The van der Waals surface area contributed by atoms with Crippen molar-refractivity contribution in [1.82, 2.24) is 20.0 Å². The standard InChI is InChI=1S/C14H16N4O2/c1-10-16-13(17-20-10)12-5-3-7-18(9-12)14(19)11-4-2-6-15-8-11/h2,4,6,8,12H,3,5,7,9H2,1H3. The fraction of sp³-hybridized carbons (Fsp3) is 0.429. The van der Waals surface area contributed by atoms with Gasteiger partial charge in [0.15, 0.2) is 5.82 Å². The minimum absolute atomic E-state index is 0.0167. The molecule has 2 aromatic heterocycles. The minimum Gasteiger partial charge on any atom is -0.340 e. The quantitative estimate of drug-likeness (QED) is 0.833. The van der Waals surface area contributed by atoms with Gasteiger partial charge in [-0.25, -0.2) is 0 Å². The van der Waals surface area contributed by atoms with Gasteiger partial charge in [-0.1, -0.05) is 5.16 Å². The topological polar surface area (TPSA) is 72.1 Å². The Balaban J connectivity index is 1.74. The number of piperidine rings is 1. The number of aryl methyl sites for hydroxylation is 1. The molecule has 3 heterocycles. The van der Waals surface area contributed by atoms with Crippen LogP contribution in [0.1, 0.15) is 40.8 Å². The number of hydrogen-bond donors (Lipinski definition) is 0. The lowest BCUT2D eigenvalue weighted by atomic mass is 9.97. The molecule has 3 rings (SSSR count). The van der Waals surface area contributed by atoms with Crippen molar-refractivity contribution in [3.63, 3.8) is 0 Å².